The van der Waals surface area contributed by atoms with Gasteiger partial charge in [0.15, 0.2) is 11.5 Å². The number of carbonyl (C=O) groups is 1. The zero-order valence-electron chi connectivity index (χ0n) is 13.1. The molecule has 1 aromatic rings. The van der Waals surface area contributed by atoms with Crippen molar-refractivity contribution in [1.29, 1.82) is 0 Å². The van der Waals surface area contributed by atoms with E-state index in [0.29, 0.717) is 12.7 Å². The minimum absolute atomic E-state index is 0.0557. The molecule has 124 valence electrons. The van der Waals surface area contributed by atoms with Gasteiger partial charge in [-0.3, -0.25) is 0 Å². The van der Waals surface area contributed by atoms with Crippen molar-refractivity contribution in [2.24, 2.45) is 0 Å². The standard InChI is InChI=1S/C17H22N2O4/c20-17(18-14-4-7-21-8-5-14)19-6-3-13(10-19)12-1-2-15-16(9-12)23-11-22-15/h1-2,9,13-14H,3-8,10-11H2,(H,18,20). The minimum Gasteiger partial charge on any atom is -0.454 e. The number of carbonyl (C=O) groups excluding carboxylic acids is 1. The highest BCUT2D eigenvalue weighted by molar-refractivity contribution is 5.75. The average molecular weight is 318 g/mol. The van der Waals surface area contributed by atoms with E-state index in [-0.39, 0.29) is 12.1 Å². The summed E-state index contributed by atoms with van der Waals surface area (Å²) < 4.78 is 16.1. The summed E-state index contributed by atoms with van der Waals surface area (Å²) in [6.45, 7) is 3.33. The average Bonchev–Trinajstić information content (AvgIpc) is 3.24. The van der Waals surface area contributed by atoms with Crippen molar-refractivity contribution in [3.05, 3.63) is 23.8 Å². The van der Waals surface area contributed by atoms with Gasteiger partial charge in [-0.1, -0.05) is 6.07 Å². The second-order valence-corrected chi connectivity index (χ2v) is 6.38. The number of amides is 2. The Morgan fingerprint density at radius 1 is 1.13 bits per heavy atom. The van der Waals surface area contributed by atoms with Gasteiger partial charge in [-0.15, -0.1) is 0 Å². The molecule has 1 N–H and O–H groups in total. The number of nitrogens with zero attached hydrogens (tertiary/aromatic N) is 1. The molecule has 0 aromatic heterocycles. The van der Waals surface area contributed by atoms with E-state index in [2.05, 4.69) is 11.4 Å². The SMILES string of the molecule is O=C(NC1CCOCC1)N1CCC(c2ccc3c(c2)OCO3)C1. The quantitative estimate of drug-likeness (QED) is 0.907. The van der Waals surface area contributed by atoms with E-state index >= 15 is 0 Å². The molecule has 1 aromatic carbocycles. The van der Waals surface area contributed by atoms with Gasteiger partial charge in [-0.05, 0) is 37.0 Å². The highest BCUT2D eigenvalue weighted by Gasteiger charge is 2.29. The maximum atomic E-state index is 12.4. The van der Waals surface area contributed by atoms with Crippen molar-refractivity contribution in [3.63, 3.8) is 0 Å². The monoisotopic (exact) mass is 318 g/mol. The van der Waals surface area contributed by atoms with Crippen LogP contribution in [0.25, 0.3) is 0 Å². The summed E-state index contributed by atoms with van der Waals surface area (Å²) in [5.74, 6) is 1.98. The van der Waals surface area contributed by atoms with Crippen LogP contribution in [0.2, 0.25) is 0 Å². The molecule has 3 heterocycles. The normalized spacial score (nSPS) is 24.0. The molecule has 0 radical (unpaired) electrons. The zero-order valence-corrected chi connectivity index (χ0v) is 13.1. The van der Waals surface area contributed by atoms with E-state index in [1.54, 1.807) is 0 Å². The minimum atomic E-state index is 0.0557. The zero-order chi connectivity index (χ0) is 15.6. The summed E-state index contributed by atoms with van der Waals surface area (Å²) in [5, 5.41) is 3.14. The molecule has 2 fully saturated rings. The first-order valence-electron chi connectivity index (χ1n) is 8.32. The lowest BCUT2D eigenvalue weighted by Gasteiger charge is -2.26. The number of ether oxygens (including phenoxy) is 3. The van der Waals surface area contributed by atoms with Crippen LogP contribution < -0.4 is 14.8 Å². The number of hydrogen-bond donors (Lipinski definition) is 1. The third-order valence-corrected chi connectivity index (χ3v) is 4.89. The van der Waals surface area contributed by atoms with Crippen LogP contribution >= 0.6 is 0 Å². The Morgan fingerprint density at radius 2 is 1.96 bits per heavy atom. The third kappa shape index (κ3) is 3.08. The van der Waals surface area contributed by atoms with Crippen molar-refractivity contribution in [1.82, 2.24) is 10.2 Å². The van der Waals surface area contributed by atoms with E-state index in [1.165, 1.54) is 5.56 Å². The summed E-state index contributed by atoms with van der Waals surface area (Å²) in [6.07, 6.45) is 2.80. The lowest BCUT2D eigenvalue weighted by molar-refractivity contribution is 0.0785. The van der Waals surface area contributed by atoms with Crippen LogP contribution in [0.3, 0.4) is 0 Å². The second kappa shape index (κ2) is 6.28. The summed E-state index contributed by atoms with van der Waals surface area (Å²) in [5.41, 5.74) is 1.22. The van der Waals surface area contributed by atoms with E-state index < -0.39 is 0 Å². The number of hydrogen-bond acceptors (Lipinski definition) is 4. The van der Waals surface area contributed by atoms with Crippen LogP contribution in [-0.2, 0) is 4.74 Å². The van der Waals surface area contributed by atoms with E-state index in [1.807, 2.05) is 17.0 Å². The highest BCUT2D eigenvalue weighted by Crippen LogP contribution is 2.37. The Hall–Kier alpha value is -1.95. The molecule has 3 aliphatic heterocycles. The van der Waals surface area contributed by atoms with Crippen molar-refractivity contribution >= 4 is 6.03 Å². The molecule has 0 saturated carbocycles. The summed E-state index contributed by atoms with van der Waals surface area (Å²) in [4.78, 5) is 14.3. The summed E-state index contributed by atoms with van der Waals surface area (Å²) in [7, 11) is 0. The molecule has 0 bridgehead atoms. The first kappa shape index (κ1) is 14.6. The largest absolute Gasteiger partial charge is 0.454 e. The topological polar surface area (TPSA) is 60.0 Å². The molecule has 0 spiro atoms. The Bertz CT molecular complexity index is 586. The number of nitrogens with one attached hydrogen (secondary N) is 1. The molecule has 2 saturated heterocycles. The smallest absolute Gasteiger partial charge is 0.317 e. The molecule has 6 nitrogen and oxygen atoms in total. The molecule has 1 unspecified atom stereocenters. The number of urea groups is 1. The van der Waals surface area contributed by atoms with Gasteiger partial charge < -0.3 is 24.4 Å². The highest BCUT2D eigenvalue weighted by atomic mass is 16.7. The van der Waals surface area contributed by atoms with Crippen LogP contribution in [-0.4, -0.2) is 50.1 Å². The lowest BCUT2D eigenvalue weighted by atomic mass is 9.98. The molecule has 2 amide bonds. The lowest BCUT2D eigenvalue weighted by Crippen LogP contribution is -2.45. The Balaban J connectivity index is 1.36. The van der Waals surface area contributed by atoms with Crippen LogP contribution in [0.1, 0.15) is 30.7 Å². The van der Waals surface area contributed by atoms with E-state index in [4.69, 9.17) is 14.2 Å². The molecular formula is C17H22N2O4. The van der Waals surface area contributed by atoms with Crippen LogP contribution in [0.15, 0.2) is 18.2 Å². The molecule has 23 heavy (non-hydrogen) atoms. The van der Waals surface area contributed by atoms with Gasteiger partial charge in [0.25, 0.3) is 0 Å². The maximum Gasteiger partial charge on any atom is 0.317 e. The second-order valence-electron chi connectivity index (χ2n) is 6.38. The Kier molecular flexibility index (Phi) is 3.99. The fourth-order valence-corrected chi connectivity index (χ4v) is 3.49. The molecular weight excluding hydrogens is 296 g/mol. The molecule has 1 atom stereocenters. The number of likely N-dealkylation sites (tertiary alicyclic amines) is 1. The number of fused-ring (bicyclic) bond motifs is 1. The van der Waals surface area contributed by atoms with Gasteiger partial charge in [-0.2, -0.15) is 0 Å². The maximum absolute atomic E-state index is 12.4. The molecule has 6 heteroatoms. The van der Waals surface area contributed by atoms with Crippen molar-refractivity contribution < 1.29 is 19.0 Å². The third-order valence-electron chi connectivity index (χ3n) is 4.89. The Labute approximate surface area is 135 Å². The van der Waals surface area contributed by atoms with Gasteiger partial charge >= 0.3 is 6.03 Å². The van der Waals surface area contributed by atoms with Gasteiger partial charge in [0.2, 0.25) is 6.79 Å². The first-order chi connectivity index (χ1) is 11.3. The van der Waals surface area contributed by atoms with Gasteiger partial charge in [-0.25, -0.2) is 4.79 Å². The van der Waals surface area contributed by atoms with Crippen molar-refractivity contribution in [3.8, 4) is 11.5 Å². The fraction of sp³-hybridized carbons (Fsp3) is 0.588. The number of rotatable bonds is 2. The Morgan fingerprint density at radius 3 is 2.83 bits per heavy atom. The van der Waals surface area contributed by atoms with Crippen molar-refractivity contribution in [2.45, 2.75) is 31.2 Å². The predicted octanol–water partition coefficient (Wildman–Crippen LogP) is 2.09. The summed E-state index contributed by atoms with van der Waals surface area (Å²) in [6, 6.07) is 6.40. The van der Waals surface area contributed by atoms with Crippen molar-refractivity contribution in [2.75, 3.05) is 33.1 Å². The number of benzene rings is 1. The van der Waals surface area contributed by atoms with Crippen LogP contribution in [0.4, 0.5) is 4.79 Å². The van der Waals surface area contributed by atoms with E-state index in [9.17, 15) is 4.79 Å². The van der Waals surface area contributed by atoms with Gasteiger partial charge in [0.1, 0.15) is 0 Å². The van der Waals surface area contributed by atoms with E-state index in [0.717, 1.165) is 57.1 Å². The molecule has 0 aliphatic carbocycles. The summed E-state index contributed by atoms with van der Waals surface area (Å²) >= 11 is 0. The first-order valence-corrected chi connectivity index (χ1v) is 8.32. The molecule has 4 rings (SSSR count). The van der Waals surface area contributed by atoms with Crippen LogP contribution in [0, 0.1) is 0 Å². The fourth-order valence-electron chi connectivity index (χ4n) is 3.49. The predicted molar refractivity (Wildman–Crippen MR) is 83.9 cm³/mol. The van der Waals surface area contributed by atoms with Gasteiger partial charge in [0.05, 0.1) is 0 Å². The van der Waals surface area contributed by atoms with Gasteiger partial charge in [0, 0.05) is 38.3 Å². The van der Waals surface area contributed by atoms with Crippen LogP contribution in [0.5, 0.6) is 11.5 Å². The molecule has 3 aliphatic rings.